The highest BCUT2D eigenvalue weighted by Gasteiger charge is 2.31. The van der Waals surface area contributed by atoms with Crippen molar-refractivity contribution in [2.45, 2.75) is 25.3 Å². The molecule has 17 heavy (non-hydrogen) atoms. The van der Waals surface area contributed by atoms with Gasteiger partial charge < -0.3 is 10.0 Å². The van der Waals surface area contributed by atoms with Gasteiger partial charge >= 0.3 is 0 Å². The van der Waals surface area contributed by atoms with E-state index in [1.54, 1.807) is 0 Å². The standard InChI is InChI=1S/C14H21N2O/c17-11-12-3-1-2-4-14(12)16-9-7-15(8-10-16)13-5-6-13/h1,3-4,13,17H,2,5-11H2. The minimum atomic E-state index is 0.158. The second-order valence-electron chi connectivity index (χ2n) is 5.16. The van der Waals surface area contributed by atoms with Crippen LogP contribution in [0.3, 0.4) is 0 Å². The predicted octanol–water partition coefficient (Wildman–Crippen LogP) is 1.18. The highest BCUT2D eigenvalue weighted by molar-refractivity contribution is 5.36. The molecule has 0 bridgehead atoms. The second-order valence-corrected chi connectivity index (χ2v) is 5.16. The van der Waals surface area contributed by atoms with Gasteiger partial charge in [0.25, 0.3) is 0 Å². The van der Waals surface area contributed by atoms with Gasteiger partial charge in [0.15, 0.2) is 0 Å². The molecular weight excluding hydrogens is 212 g/mol. The maximum atomic E-state index is 9.38. The number of allylic oxidation sites excluding steroid dienone is 2. The number of hydrogen-bond acceptors (Lipinski definition) is 3. The van der Waals surface area contributed by atoms with E-state index >= 15 is 0 Å². The molecule has 0 unspecified atom stereocenters. The Bertz CT molecular complexity index is 336. The Morgan fingerprint density at radius 2 is 1.94 bits per heavy atom. The molecule has 1 aliphatic heterocycles. The molecule has 0 aromatic rings. The van der Waals surface area contributed by atoms with Crippen molar-refractivity contribution in [3.8, 4) is 0 Å². The topological polar surface area (TPSA) is 26.7 Å². The molecule has 2 fully saturated rings. The highest BCUT2D eigenvalue weighted by Crippen LogP contribution is 2.29. The minimum Gasteiger partial charge on any atom is -0.392 e. The van der Waals surface area contributed by atoms with Crippen LogP contribution in [0.1, 0.15) is 19.3 Å². The van der Waals surface area contributed by atoms with Gasteiger partial charge in [0.1, 0.15) is 0 Å². The molecule has 3 nitrogen and oxygen atoms in total. The number of rotatable bonds is 3. The Kier molecular flexibility index (Phi) is 3.21. The lowest BCUT2D eigenvalue weighted by Gasteiger charge is -2.38. The smallest absolute Gasteiger partial charge is 0.0698 e. The molecule has 1 heterocycles. The SMILES string of the molecule is OCC1=C[CH]CC=C1N1CCN(C2CC2)CC1. The van der Waals surface area contributed by atoms with Crippen LogP contribution in [0.5, 0.6) is 0 Å². The predicted molar refractivity (Wildman–Crippen MR) is 68.3 cm³/mol. The van der Waals surface area contributed by atoms with Crippen molar-refractivity contribution >= 4 is 0 Å². The van der Waals surface area contributed by atoms with Gasteiger partial charge in [-0.3, -0.25) is 4.90 Å². The number of aliphatic hydroxyl groups is 1. The lowest BCUT2D eigenvalue weighted by molar-refractivity contribution is 0.151. The Balaban J connectivity index is 1.61. The zero-order chi connectivity index (χ0) is 11.7. The molecule has 1 N–H and O–H groups in total. The Labute approximate surface area is 103 Å². The molecule has 3 heteroatoms. The van der Waals surface area contributed by atoms with E-state index in [-0.39, 0.29) is 6.61 Å². The molecule has 3 rings (SSSR count). The third-order valence-corrected chi connectivity index (χ3v) is 3.98. The molecule has 0 aromatic carbocycles. The van der Waals surface area contributed by atoms with Crippen LogP contribution in [0.25, 0.3) is 0 Å². The number of aliphatic hydroxyl groups excluding tert-OH is 1. The maximum Gasteiger partial charge on any atom is 0.0698 e. The van der Waals surface area contributed by atoms with E-state index in [4.69, 9.17) is 0 Å². The van der Waals surface area contributed by atoms with E-state index in [1.807, 2.05) is 0 Å². The maximum absolute atomic E-state index is 9.38. The molecule has 1 radical (unpaired) electrons. The highest BCUT2D eigenvalue weighted by atomic mass is 16.3. The van der Waals surface area contributed by atoms with Gasteiger partial charge in [-0.2, -0.15) is 0 Å². The second kappa shape index (κ2) is 4.83. The number of piperazine rings is 1. The molecule has 0 spiro atoms. The summed E-state index contributed by atoms with van der Waals surface area (Å²) in [6.07, 6.45) is 10.2. The van der Waals surface area contributed by atoms with Crippen LogP contribution in [0.2, 0.25) is 0 Å². The molecule has 93 valence electrons. The van der Waals surface area contributed by atoms with Crippen LogP contribution in [-0.2, 0) is 0 Å². The molecule has 0 aromatic heterocycles. The Hall–Kier alpha value is -0.800. The van der Waals surface area contributed by atoms with Gasteiger partial charge in [0, 0.05) is 37.9 Å². The minimum absolute atomic E-state index is 0.158. The van der Waals surface area contributed by atoms with E-state index < -0.39 is 0 Å². The summed E-state index contributed by atoms with van der Waals surface area (Å²) in [6.45, 7) is 4.75. The summed E-state index contributed by atoms with van der Waals surface area (Å²) in [6, 6.07) is 0.888. The van der Waals surface area contributed by atoms with Gasteiger partial charge in [-0.1, -0.05) is 12.2 Å². The molecule has 0 amide bonds. The zero-order valence-corrected chi connectivity index (χ0v) is 10.3. The average molecular weight is 233 g/mol. The van der Waals surface area contributed by atoms with Gasteiger partial charge in [-0.05, 0) is 31.3 Å². The fraction of sp³-hybridized carbons (Fsp3) is 0.643. The largest absolute Gasteiger partial charge is 0.392 e. The van der Waals surface area contributed by atoms with Crippen LogP contribution < -0.4 is 0 Å². The monoisotopic (exact) mass is 233 g/mol. The van der Waals surface area contributed by atoms with Gasteiger partial charge in [0.05, 0.1) is 6.61 Å². The van der Waals surface area contributed by atoms with Crippen molar-refractivity contribution < 1.29 is 5.11 Å². The van der Waals surface area contributed by atoms with Gasteiger partial charge in [-0.25, -0.2) is 0 Å². The fourth-order valence-corrected chi connectivity index (χ4v) is 2.84. The number of hydrogen-bond donors (Lipinski definition) is 1. The summed E-state index contributed by atoms with van der Waals surface area (Å²) in [4.78, 5) is 5.06. The van der Waals surface area contributed by atoms with Crippen molar-refractivity contribution in [3.05, 3.63) is 29.8 Å². The summed E-state index contributed by atoms with van der Waals surface area (Å²) in [7, 11) is 0. The first kappa shape index (κ1) is 11.3. The van der Waals surface area contributed by atoms with Crippen LogP contribution >= 0.6 is 0 Å². The first-order chi connectivity index (χ1) is 8.38. The van der Waals surface area contributed by atoms with Crippen molar-refractivity contribution in [2.75, 3.05) is 32.8 Å². The summed E-state index contributed by atoms with van der Waals surface area (Å²) >= 11 is 0. The zero-order valence-electron chi connectivity index (χ0n) is 10.3. The normalized spacial score (nSPS) is 26.8. The van der Waals surface area contributed by atoms with Crippen LogP contribution in [0.4, 0.5) is 0 Å². The van der Waals surface area contributed by atoms with Gasteiger partial charge in [-0.15, -0.1) is 0 Å². The van der Waals surface area contributed by atoms with E-state index in [9.17, 15) is 5.11 Å². The van der Waals surface area contributed by atoms with E-state index in [2.05, 4.69) is 28.4 Å². The van der Waals surface area contributed by atoms with E-state index in [0.717, 1.165) is 31.1 Å². The molecular formula is C14H21N2O. The Morgan fingerprint density at radius 3 is 2.59 bits per heavy atom. The van der Waals surface area contributed by atoms with Gasteiger partial charge in [0.2, 0.25) is 0 Å². The summed E-state index contributed by atoms with van der Waals surface area (Å²) in [5.41, 5.74) is 2.35. The van der Waals surface area contributed by atoms with E-state index in [0.29, 0.717) is 0 Å². The lowest BCUT2D eigenvalue weighted by atomic mass is 10.0. The van der Waals surface area contributed by atoms with Crippen LogP contribution in [0, 0.1) is 6.42 Å². The third kappa shape index (κ3) is 2.40. The van der Waals surface area contributed by atoms with Crippen molar-refractivity contribution in [3.63, 3.8) is 0 Å². The molecule has 0 atom stereocenters. The molecule has 1 saturated heterocycles. The van der Waals surface area contributed by atoms with E-state index in [1.165, 1.54) is 31.6 Å². The van der Waals surface area contributed by atoms with Crippen LogP contribution in [0.15, 0.2) is 23.4 Å². The summed E-state index contributed by atoms with van der Waals surface area (Å²) < 4.78 is 0. The average Bonchev–Trinajstić information content (AvgIpc) is 3.23. The van der Waals surface area contributed by atoms with Crippen LogP contribution in [-0.4, -0.2) is 53.7 Å². The van der Waals surface area contributed by atoms with Crippen molar-refractivity contribution in [1.82, 2.24) is 9.80 Å². The summed E-state index contributed by atoms with van der Waals surface area (Å²) in [5, 5.41) is 9.38. The first-order valence-electron chi connectivity index (χ1n) is 6.71. The summed E-state index contributed by atoms with van der Waals surface area (Å²) in [5.74, 6) is 0. The fourth-order valence-electron chi connectivity index (χ4n) is 2.84. The first-order valence-corrected chi connectivity index (χ1v) is 6.71. The molecule has 2 aliphatic carbocycles. The quantitative estimate of drug-likeness (QED) is 0.793. The molecule has 3 aliphatic rings. The molecule has 1 saturated carbocycles. The Morgan fingerprint density at radius 1 is 1.18 bits per heavy atom. The van der Waals surface area contributed by atoms with Crippen molar-refractivity contribution in [2.24, 2.45) is 0 Å². The number of nitrogens with zero attached hydrogens (tertiary/aromatic N) is 2. The lowest BCUT2D eigenvalue weighted by Crippen LogP contribution is -2.47. The third-order valence-electron chi connectivity index (χ3n) is 3.98. The van der Waals surface area contributed by atoms with Crippen molar-refractivity contribution in [1.29, 1.82) is 0 Å².